The van der Waals surface area contributed by atoms with Crippen LogP contribution in [-0.2, 0) is 38.1 Å². The van der Waals surface area contributed by atoms with Crippen molar-refractivity contribution in [3.05, 3.63) is 83.7 Å². The lowest BCUT2D eigenvalue weighted by molar-refractivity contribution is 0.0321. The van der Waals surface area contributed by atoms with Crippen molar-refractivity contribution in [2.75, 3.05) is 51.4 Å². The molecule has 0 spiro atoms. The Morgan fingerprint density at radius 1 is 0.894 bits per heavy atom. The molecular weight excluding hydrogens is 588 g/mol. The van der Waals surface area contributed by atoms with Crippen LogP contribution in [0, 0.1) is 0 Å². The van der Waals surface area contributed by atoms with Crippen molar-refractivity contribution in [1.82, 2.24) is 34.4 Å². The molecule has 0 amide bonds. The van der Waals surface area contributed by atoms with Crippen molar-refractivity contribution in [1.29, 1.82) is 0 Å². The zero-order valence-electron chi connectivity index (χ0n) is 27.5. The Morgan fingerprint density at radius 2 is 1.68 bits per heavy atom. The fourth-order valence-corrected chi connectivity index (χ4v) is 7.55. The van der Waals surface area contributed by atoms with E-state index in [9.17, 15) is 0 Å². The Morgan fingerprint density at radius 3 is 2.43 bits per heavy atom. The number of hydrogen-bond acceptors (Lipinski definition) is 8. The largest absolute Gasteiger partial charge is 0.496 e. The van der Waals surface area contributed by atoms with Gasteiger partial charge in [0.25, 0.3) is 0 Å². The second kappa shape index (κ2) is 12.6. The summed E-state index contributed by atoms with van der Waals surface area (Å²) in [6.07, 6.45) is 10.6. The van der Waals surface area contributed by atoms with Gasteiger partial charge in [0.2, 0.25) is 0 Å². The van der Waals surface area contributed by atoms with Crippen molar-refractivity contribution in [2.24, 2.45) is 14.1 Å². The van der Waals surface area contributed by atoms with Crippen molar-refractivity contribution in [3.63, 3.8) is 0 Å². The molecule has 0 bridgehead atoms. The Bertz CT molecular complexity index is 1880. The van der Waals surface area contributed by atoms with Gasteiger partial charge in [-0.3, -0.25) is 14.3 Å². The zero-order chi connectivity index (χ0) is 31.9. The number of nitrogens with zero attached hydrogens (tertiary/aromatic N) is 8. The van der Waals surface area contributed by atoms with Crippen LogP contribution in [0.1, 0.15) is 35.5 Å². The van der Waals surface area contributed by atoms with Gasteiger partial charge in [0.1, 0.15) is 11.6 Å². The number of fused-ring (bicyclic) bond motifs is 3. The smallest absolute Gasteiger partial charge is 0.133 e. The van der Waals surface area contributed by atoms with Gasteiger partial charge >= 0.3 is 0 Å². The Hall–Kier alpha value is -4.54. The van der Waals surface area contributed by atoms with Crippen LogP contribution in [0.25, 0.3) is 33.6 Å². The molecule has 8 rings (SSSR count). The van der Waals surface area contributed by atoms with E-state index in [1.165, 1.54) is 11.3 Å². The highest BCUT2D eigenvalue weighted by Gasteiger charge is 2.28. The summed E-state index contributed by atoms with van der Waals surface area (Å²) in [5, 5.41) is 9.27. The summed E-state index contributed by atoms with van der Waals surface area (Å²) in [6.45, 7) is 6.01. The summed E-state index contributed by atoms with van der Waals surface area (Å²) >= 11 is 0. The molecular formula is C37H42N8O2. The van der Waals surface area contributed by atoms with Gasteiger partial charge in [-0.1, -0.05) is 30.3 Å². The summed E-state index contributed by atoms with van der Waals surface area (Å²) in [5.41, 5.74) is 11.1. The molecule has 10 heteroatoms. The first kappa shape index (κ1) is 29.8. The molecule has 2 aromatic carbocycles. The van der Waals surface area contributed by atoms with Gasteiger partial charge in [-0.2, -0.15) is 10.2 Å². The van der Waals surface area contributed by atoms with Crippen LogP contribution in [-0.4, -0.2) is 87.0 Å². The first-order chi connectivity index (χ1) is 23.0. The van der Waals surface area contributed by atoms with Crippen molar-refractivity contribution < 1.29 is 9.47 Å². The first-order valence-corrected chi connectivity index (χ1v) is 16.8. The van der Waals surface area contributed by atoms with E-state index in [-0.39, 0.29) is 0 Å². The number of aromatic nitrogens is 6. The van der Waals surface area contributed by atoms with Crippen LogP contribution in [0.5, 0.6) is 5.75 Å². The molecule has 2 saturated heterocycles. The quantitative estimate of drug-likeness (QED) is 0.250. The van der Waals surface area contributed by atoms with Crippen molar-refractivity contribution >= 4 is 5.69 Å². The molecule has 0 radical (unpaired) electrons. The fraction of sp³-hybridized carbons (Fsp3) is 0.405. The lowest BCUT2D eigenvalue weighted by Crippen LogP contribution is -2.51. The zero-order valence-corrected chi connectivity index (χ0v) is 27.5. The van der Waals surface area contributed by atoms with Gasteiger partial charge in [-0.25, -0.2) is 9.97 Å². The molecule has 5 aromatic rings. The molecule has 3 aromatic heterocycles. The third-order valence-corrected chi connectivity index (χ3v) is 10.1. The van der Waals surface area contributed by atoms with E-state index in [4.69, 9.17) is 24.5 Å². The SMILES string of the molecule is COc1cc(N2CCN(C3CCOCC3)CC2)ccc1Cc1ncc2c(n1)-c1c(nn(C)c1-c1ccc(-c3cnn(C)c3)cc1)CC2. The molecule has 0 unspecified atom stereocenters. The fourth-order valence-electron chi connectivity index (χ4n) is 7.55. The summed E-state index contributed by atoms with van der Waals surface area (Å²) in [6, 6.07) is 15.9. The number of benzene rings is 2. The molecule has 3 aliphatic rings. The first-order valence-electron chi connectivity index (χ1n) is 16.8. The molecule has 47 heavy (non-hydrogen) atoms. The van der Waals surface area contributed by atoms with E-state index < -0.39 is 0 Å². The predicted octanol–water partition coefficient (Wildman–Crippen LogP) is 4.94. The van der Waals surface area contributed by atoms with Gasteiger partial charge in [0.05, 0.1) is 30.4 Å². The minimum atomic E-state index is 0.596. The van der Waals surface area contributed by atoms with E-state index >= 15 is 0 Å². The van der Waals surface area contributed by atoms with Gasteiger partial charge < -0.3 is 14.4 Å². The van der Waals surface area contributed by atoms with Crippen molar-refractivity contribution in [3.8, 4) is 39.4 Å². The number of hydrogen-bond donors (Lipinski definition) is 0. The van der Waals surface area contributed by atoms with E-state index in [1.54, 1.807) is 7.11 Å². The summed E-state index contributed by atoms with van der Waals surface area (Å²) in [7, 11) is 5.73. The lowest BCUT2D eigenvalue weighted by Gasteiger charge is -2.41. The minimum Gasteiger partial charge on any atom is -0.496 e. The maximum Gasteiger partial charge on any atom is 0.133 e. The summed E-state index contributed by atoms with van der Waals surface area (Å²) in [4.78, 5) is 15.2. The number of methoxy groups -OCH3 is 1. The summed E-state index contributed by atoms with van der Waals surface area (Å²) < 4.78 is 15.3. The van der Waals surface area contributed by atoms with Crippen LogP contribution in [0.15, 0.2) is 61.1 Å². The van der Waals surface area contributed by atoms with Gasteiger partial charge in [-0.05, 0) is 42.9 Å². The third-order valence-electron chi connectivity index (χ3n) is 10.1. The normalized spacial score (nSPS) is 17.0. The van der Waals surface area contributed by atoms with Gasteiger partial charge in [-0.15, -0.1) is 0 Å². The van der Waals surface area contributed by atoms with E-state index in [1.807, 2.05) is 42.0 Å². The van der Waals surface area contributed by atoms with E-state index in [0.29, 0.717) is 12.5 Å². The third kappa shape index (κ3) is 5.80. The highest BCUT2D eigenvalue weighted by atomic mass is 16.5. The predicted molar refractivity (Wildman–Crippen MR) is 183 cm³/mol. The molecule has 0 saturated carbocycles. The van der Waals surface area contributed by atoms with Crippen LogP contribution in [0.2, 0.25) is 0 Å². The Kier molecular flexibility index (Phi) is 7.98. The number of piperazine rings is 1. The molecule has 10 nitrogen and oxygen atoms in total. The number of aryl methyl sites for hydroxylation is 4. The van der Waals surface area contributed by atoms with E-state index in [0.717, 1.165) is 122 Å². The number of ether oxygens (including phenoxy) is 2. The van der Waals surface area contributed by atoms with Crippen LogP contribution >= 0.6 is 0 Å². The standard InChI is InChI=1S/C37H42N8O2/c1-42-24-29(23-39-42)25-4-6-26(7-5-25)37-35-32(41-43(37)2)11-9-28-22-38-34(40-36(28)35)20-27-8-10-31(21-33(27)46-3)45-16-14-44(15-17-45)30-12-18-47-19-13-30/h4-8,10,21-24,30H,9,11-20H2,1-3H3. The highest BCUT2D eigenvalue weighted by molar-refractivity contribution is 5.84. The molecule has 0 atom stereocenters. The maximum atomic E-state index is 5.93. The topological polar surface area (TPSA) is 86.4 Å². The van der Waals surface area contributed by atoms with Crippen molar-refractivity contribution in [2.45, 2.75) is 38.1 Å². The Labute approximate surface area is 276 Å². The van der Waals surface area contributed by atoms with Crippen LogP contribution in [0.4, 0.5) is 5.69 Å². The molecule has 2 aliphatic heterocycles. The number of rotatable bonds is 7. The second-order valence-electron chi connectivity index (χ2n) is 13.0. The lowest BCUT2D eigenvalue weighted by atomic mass is 9.91. The average molecular weight is 631 g/mol. The molecule has 5 heterocycles. The molecule has 2 fully saturated rings. The molecule has 242 valence electrons. The van der Waals surface area contributed by atoms with Crippen LogP contribution < -0.4 is 9.64 Å². The summed E-state index contributed by atoms with van der Waals surface area (Å²) in [5.74, 6) is 1.67. The highest BCUT2D eigenvalue weighted by Crippen LogP contribution is 2.40. The monoisotopic (exact) mass is 630 g/mol. The Balaban J connectivity index is 1.03. The average Bonchev–Trinajstić information content (AvgIpc) is 3.71. The van der Waals surface area contributed by atoms with Gasteiger partial charge in [0.15, 0.2) is 0 Å². The van der Waals surface area contributed by atoms with Crippen LogP contribution in [0.3, 0.4) is 0 Å². The molecule has 0 N–H and O–H groups in total. The maximum absolute atomic E-state index is 5.93. The van der Waals surface area contributed by atoms with Gasteiger partial charge in [0, 0.05) is 112 Å². The second-order valence-corrected chi connectivity index (χ2v) is 13.0. The number of anilines is 1. The molecule has 1 aliphatic carbocycles. The van der Waals surface area contributed by atoms with E-state index in [2.05, 4.69) is 57.4 Å². The minimum absolute atomic E-state index is 0.596.